The minimum Gasteiger partial charge on any atom is -0.376 e. The van der Waals surface area contributed by atoms with Crippen molar-refractivity contribution in [3.05, 3.63) is 64.1 Å². The van der Waals surface area contributed by atoms with Crippen LogP contribution in [0, 0.1) is 6.92 Å². The van der Waals surface area contributed by atoms with Gasteiger partial charge in [0, 0.05) is 22.7 Å². The van der Waals surface area contributed by atoms with E-state index in [4.69, 9.17) is 0 Å². The van der Waals surface area contributed by atoms with E-state index in [2.05, 4.69) is 21.2 Å². The van der Waals surface area contributed by atoms with Gasteiger partial charge in [-0.2, -0.15) is 0 Å². The third-order valence-corrected chi connectivity index (χ3v) is 4.63. The molecule has 3 nitrogen and oxygen atoms in total. The van der Waals surface area contributed by atoms with Crippen molar-refractivity contribution in [2.75, 3.05) is 11.9 Å². The van der Waals surface area contributed by atoms with Crippen LogP contribution in [-0.4, -0.2) is 23.4 Å². The van der Waals surface area contributed by atoms with Crippen LogP contribution < -0.4 is 5.32 Å². The number of benzene rings is 2. The molecule has 2 rings (SSSR count). The molecule has 0 unspecified atom stereocenters. The molecule has 0 saturated heterocycles. The molecular formula is C19H23BrN2O. The molecular weight excluding hydrogens is 352 g/mol. The van der Waals surface area contributed by atoms with Gasteiger partial charge in [-0.05, 0) is 50.1 Å². The molecule has 0 heterocycles. The first-order chi connectivity index (χ1) is 11.0. The van der Waals surface area contributed by atoms with Crippen molar-refractivity contribution in [3.63, 3.8) is 0 Å². The summed E-state index contributed by atoms with van der Waals surface area (Å²) in [5.41, 5.74) is 3.25. The number of aryl methyl sites for hydroxylation is 1. The maximum Gasteiger partial charge on any atom is 0.242 e. The molecule has 0 radical (unpaired) electrons. The van der Waals surface area contributed by atoms with Crippen LogP contribution in [0.15, 0.2) is 53.0 Å². The molecule has 0 bridgehead atoms. The molecule has 122 valence electrons. The third kappa shape index (κ3) is 5.10. The Hall–Kier alpha value is -1.81. The standard InChI is InChI=1S/C19H23BrN2O/c1-14(2)22(13-16-7-5-4-6-8-16)19(23)12-21-17-9-10-18(20)15(3)11-17/h4-11,14,21H,12-13H2,1-3H3. The summed E-state index contributed by atoms with van der Waals surface area (Å²) in [4.78, 5) is 14.5. The number of anilines is 1. The number of rotatable bonds is 6. The van der Waals surface area contributed by atoms with Crippen molar-refractivity contribution in [1.82, 2.24) is 4.90 Å². The quantitative estimate of drug-likeness (QED) is 0.800. The number of hydrogen-bond donors (Lipinski definition) is 1. The highest BCUT2D eigenvalue weighted by molar-refractivity contribution is 9.10. The molecule has 0 aliphatic carbocycles. The molecule has 0 spiro atoms. The van der Waals surface area contributed by atoms with Gasteiger partial charge in [0.1, 0.15) is 0 Å². The number of hydrogen-bond acceptors (Lipinski definition) is 2. The van der Waals surface area contributed by atoms with E-state index in [-0.39, 0.29) is 11.9 Å². The number of carbonyl (C=O) groups excluding carboxylic acids is 1. The molecule has 0 atom stereocenters. The van der Waals surface area contributed by atoms with Crippen molar-refractivity contribution in [1.29, 1.82) is 0 Å². The van der Waals surface area contributed by atoms with Crippen LogP contribution in [0.3, 0.4) is 0 Å². The number of halogens is 1. The van der Waals surface area contributed by atoms with Crippen LogP contribution in [0.2, 0.25) is 0 Å². The molecule has 4 heteroatoms. The number of nitrogens with zero attached hydrogens (tertiary/aromatic N) is 1. The number of nitrogens with one attached hydrogen (secondary N) is 1. The first kappa shape index (κ1) is 17.5. The second-order valence-corrected chi connectivity index (χ2v) is 6.77. The largest absolute Gasteiger partial charge is 0.376 e. The van der Waals surface area contributed by atoms with Gasteiger partial charge in [0.15, 0.2) is 0 Å². The Kier molecular flexibility index (Phi) is 6.22. The lowest BCUT2D eigenvalue weighted by Crippen LogP contribution is -2.39. The topological polar surface area (TPSA) is 32.3 Å². The Labute approximate surface area is 146 Å². The van der Waals surface area contributed by atoms with E-state index in [1.54, 1.807) is 0 Å². The van der Waals surface area contributed by atoms with Gasteiger partial charge in [-0.15, -0.1) is 0 Å². The van der Waals surface area contributed by atoms with E-state index < -0.39 is 0 Å². The lowest BCUT2D eigenvalue weighted by molar-refractivity contribution is -0.131. The average Bonchev–Trinajstić information content (AvgIpc) is 2.54. The minimum absolute atomic E-state index is 0.101. The van der Waals surface area contributed by atoms with Gasteiger partial charge in [-0.3, -0.25) is 4.79 Å². The predicted octanol–water partition coefficient (Wildman–Crippen LogP) is 4.61. The SMILES string of the molecule is Cc1cc(NCC(=O)N(Cc2ccccc2)C(C)C)ccc1Br. The molecule has 0 aliphatic heterocycles. The van der Waals surface area contributed by atoms with Crippen molar-refractivity contribution < 1.29 is 4.79 Å². The summed E-state index contributed by atoms with van der Waals surface area (Å²) in [6, 6.07) is 16.3. The summed E-state index contributed by atoms with van der Waals surface area (Å²) < 4.78 is 1.07. The van der Waals surface area contributed by atoms with Gasteiger partial charge in [0.05, 0.1) is 6.54 Å². The summed E-state index contributed by atoms with van der Waals surface area (Å²) in [6.07, 6.45) is 0. The Balaban J connectivity index is 1.99. The summed E-state index contributed by atoms with van der Waals surface area (Å²) in [5, 5.41) is 3.22. The summed E-state index contributed by atoms with van der Waals surface area (Å²) in [7, 11) is 0. The maximum absolute atomic E-state index is 12.6. The van der Waals surface area contributed by atoms with E-state index >= 15 is 0 Å². The fraction of sp³-hybridized carbons (Fsp3) is 0.316. The summed E-state index contributed by atoms with van der Waals surface area (Å²) in [5.74, 6) is 0.101. The number of carbonyl (C=O) groups is 1. The van der Waals surface area contributed by atoms with Crippen molar-refractivity contribution in [2.24, 2.45) is 0 Å². The molecule has 0 fully saturated rings. The second kappa shape index (κ2) is 8.16. The predicted molar refractivity (Wildman–Crippen MR) is 99.5 cm³/mol. The van der Waals surface area contributed by atoms with E-state index in [1.807, 2.05) is 74.2 Å². The fourth-order valence-electron chi connectivity index (χ4n) is 2.37. The smallest absolute Gasteiger partial charge is 0.242 e. The van der Waals surface area contributed by atoms with Crippen molar-refractivity contribution in [2.45, 2.75) is 33.4 Å². The minimum atomic E-state index is 0.101. The highest BCUT2D eigenvalue weighted by Crippen LogP contribution is 2.20. The maximum atomic E-state index is 12.6. The first-order valence-electron chi connectivity index (χ1n) is 7.81. The van der Waals surface area contributed by atoms with E-state index in [1.165, 1.54) is 0 Å². The Morgan fingerprint density at radius 1 is 1.17 bits per heavy atom. The van der Waals surface area contributed by atoms with Gasteiger partial charge >= 0.3 is 0 Å². The fourth-order valence-corrected chi connectivity index (χ4v) is 2.62. The molecule has 2 aromatic rings. The van der Waals surface area contributed by atoms with E-state index in [0.717, 1.165) is 21.3 Å². The number of amides is 1. The van der Waals surface area contributed by atoms with E-state index in [0.29, 0.717) is 13.1 Å². The van der Waals surface area contributed by atoms with Crippen LogP contribution in [0.5, 0.6) is 0 Å². The van der Waals surface area contributed by atoms with Gasteiger partial charge in [0.2, 0.25) is 5.91 Å². The summed E-state index contributed by atoms with van der Waals surface area (Å²) in [6.45, 7) is 7.06. The van der Waals surface area contributed by atoms with Crippen LogP contribution in [0.1, 0.15) is 25.0 Å². The Morgan fingerprint density at radius 3 is 2.48 bits per heavy atom. The molecule has 23 heavy (non-hydrogen) atoms. The second-order valence-electron chi connectivity index (χ2n) is 5.92. The molecule has 2 aromatic carbocycles. The lowest BCUT2D eigenvalue weighted by Gasteiger charge is -2.27. The Morgan fingerprint density at radius 2 is 1.87 bits per heavy atom. The highest BCUT2D eigenvalue weighted by atomic mass is 79.9. The zero-order valence-corrected chi connectivity index (χ0v) is 15.4. The van der Waals surface area contributed by atoms with Gasteiger partial charge in [-0.1, -0.05) is 46.3 Å². The molecule has 0 aliphatic rings. The lowest BCUT2D eigenvalue weighted by atomic mass is 10.2. The van der Waals surface area contributed by atoms with Gasteiger partial charge in [-0.25, -0.2) is 0 Å². The monoisotopic (exact) mass is 374 g/mol. The Bertz CT molecular complexity index is 656. The van der Waals surface area contributed by atoms with Crippen LogP contribution in [0.25, 0.3) is 0 Å². The zero-order valence-electron chi connectivity index (χ0n) is 13.8. The molecule has 1 amide bonds. The van der Waals surface area contributed by atoms with Crippen molar-refractivity contribution in [3.8, 4) is 0 Å². The first-order valence-corrected chi connectivity index (χ1v) is 8.60. The molecule has 1 N–H and O–H groups in total. The van der Waals surface area contributed by atoms with Gasteiger partial charge < -0.3 is 10.2 Å². The molecule has 0 saturated carbocycles. The van der Waals surface area contributed by atoms with Crippen LogP contribution in [-0.2, 0) is 11.3 Å². The normalized spacial score (nSPS) is 10.7. The van der Waals surface area contributed by atoms with E-state index in [9.17, 15) is 4.79 Å². The average molecular weight is 375 g/mol. The van der Waals surface area contributed by atoms with Gasteiger partial charge in [0.25, 0.3) is 0 Å². The third-order valence-electron chi connectivity index (χ3n) is 3.74. The van der Waals surface area contributed by atoms with Crippen LogP contribution >= 0.6 is 15.9 Å². The summed E-state index contributed by atoms with van der Waals surface area (Å²) >= 11 is 3.49. The van der Waals surface area contributed by atoms with Crippen molar-refractivity contribution >= 4 is 27.5 Å². The highest BCUT2D eigenvalue weighted by Gasteiger charge is 2.17. The molecule has 0 aromatic heterocycles. The van der Waals surface area contributed by atoms with Crippen LogP contribution in [0.4, 0.5) is 5.69 Å². The zero-order chi connectivity index (χ0) is 16.8.